The Morgan fingerprint density at radius 1 is 1.33 bits per heavy atom. The molecule has 7 heteroatoms. The molecule has 5 heterocycles. The minimum atomic E-state index is -0.317. The molecule has 0 unspecified atom stereocenters. The SMILES string of the molecule is O=C1C[C@@H]2OC=C3CN4CC[C@]56c7cc([N+](=O)[O-])ccc7N1[C@H]5[C@H]2[C@H]3C[C@@H]46. The molecule has 0 aromatic heterocycles. The highest BCUT2D eigenvalue weighted by Gasteiger charge is 2.71. The van der Waals surface area contributed by atoms with Crippen LogP contribution >= 0.6 is 0 Å². The highest BCUT2D eigenvalue weighted by atomic mass is 16.6. The standard InChI is InChI=1S/C20H19N3O4/c24-17-7-15-18-12-6-16-20(3-4-21(16)8-10(12)9-27-15)13-5-11(23(25)26)1-2-14(13)22(17)19(18)20/h1-2,5,9,12,15-16,18-19H,3-4,6-8H2/t12-,15-,16+,18-,19-,20+/m0/s1. The summed E-state index contributed by atoms with van der Waals surface area (Å²) in [6.45, 7) is 1.91. The monoisotopic (exact) mass is 365 g/mol. The van der Waals surface area contributed by atoms with E-state index in [1.54, 1.807) is 12.1 Å². The van der Waals surface area contributed by atoms with Crippen LogP contribution in [0.5, 0.6) is 0 Å². The van der Waals surface area contributed by atoms with Crippen molar-refractivity contribution in [3.05, 3.63) is 45.7 Å². The molecular weight excluding hydrogens is 346 g/mol. The second-order valence-corrected chi connectivity index (χ2v) is 8.93. The van der Waals surface area contributed by atoms with Crippen LogP contribution in [0.3, 0.4) is 0 Å². The fourth-order valence-electron chi connectivity index (χ4n) is 7.42. The molecule has 7 rings (SSSR count). The molecule has 7 nitrogen and oxygen atoms in total. The number of carbonyl (C=O) groups is 1. The van der Waals surface area contributed by atoms with Crippen LogP contribution in [0.25, 0.3) is 0 Å². The van der Waals surface area contributed by atoms with Gasteiger partial charge in [0.15, 0.2) is 0 Å². The summed E-state index contributed by atoms with van der Waals surface area (Å²) in [5.41, 5.74) is 3.24. The fraction of sp³-hybridized carbons (Fsp3) is 0.550. The van der Waals surface area contributed by atoms with Gasteiger partial charge in [0.1, 0.15) is 6.10 Å². The quantitative estimate of drug-likeness (QED) is 0.562. The molecule has 1 aromatic rings. The number of fused-ring (bicyclic) bond motifs is 2. The average Bonchev–Trinajstić information content (AvgIpc) is 3.20. The van der Waals surface area contributed by atoms with Gasteiger partial charge < -0.3 is 9.64 Å². The zero-order valence-corrected chi connectivity index (χ0v) is 14.7. The number of nitrogens with zero attached hydrogens (tertiary/aromatic N) is 3. The lowest BCUT2D eigenvalue weighted by atomic mass is 9.53. The number of amides is 1. The average molecular weight is 365 g/mol. The van der Waals surface area contributed by atoms with E-state index in [4.69, 9.17) is 4.74 Å². The lowest BCUT2D eigenvalue weighted by molar-refractivity contribution is -0.384. The van der Waals surface area contributed by atoms with Gasteiger partial charge in [0.05, 0.1) is 23.6 Å². The Morgan fingerprint density at radius 3 is 3.07 bits per heavy atom. The summed E-state index contributed by atoms with van der Waals surface area (Å²) in [5.74, 6) is 0.871. The lowest BCUT2D eigenvalue weighted by Gasteiger charge is -2.60. The Labute approximate surface area is 155 Å². The first kappa shape index (κ1) is 14.6. The van der Waals surface area contributed by atoms with E-state index in [-0.39, 0.29) is 34.1 Å². The Kier molecular flexibility index (Phi) is 2.36. The third kappa shape index (κ3) is 1.43. The second kappa shape index (κ2) is 4.35. The van der Waals surface area contributed by atoms with E-state index in [1.807, 2.05) is 17.2 Å². The fourth-order valence-corrected chi connectivity index (χ4v) is 7.42. The molecular formula is C20H19N3O4. The van der Waals surface area contributed by atoms with Crippen LogP contribution in [-0.2, 0) is 14.9 Å². The van der Waals surface area contributed by atoms with E-state index >= 15 is 0 Å². The third-order valence-corrected chi connectivity index (χ3v) is 8.24. The van der Waals surface area contributed by atoms with Gasteiger partial charge in [0.25, 0.3) is 5.69 Å². The predicted octanol–water partition coefficient (Wildman–Crippen LogP) is 1.96. The van der Waals surface area contributed by atoms with E-state index in [0.717, 1.165) is 37.2 Å². The van der Waals surface area contributed by atoms with Crippen LogP contribution in [-0.4, -0.2) is 47.0 Å². The Morgan fingerprint density at radius 2 is 2.22 bits per heavy atom. The number of nitro groups is 1. The first-order chi connectivity index (χ1) is 13.1. The number of piperidine rings is 2. The minimum absolute atomic E-state index is 0.0539. The third-order valence-electron chi connectivity index (χ3n) is 8.24. The highest BCUT2D eigenvalue weighted by Crippen LogP contribution is 2.66. The van der Waals surface area contributed by atoms with Crippen molar-refractivity contribution in [3.8, 4) is 0 Å². The maximum absolute atomic E-state index is 13.1. The Balaban J connectivity index is 1.54. The predicted molar refractivity (Wildman–Crippen MR) is 95.2 cm³/mol. The number of hydrogen-bond donors (Lipinski definition) is 0. The van der Waals surface area contributed by atoms with Crippen LogP contribution in [0, 0.1) is 22.0 Å². The molecule has 0 radical (unpaired) electrons. The topological polar surface area (TPSA) is 75.9 Å². The number of nitro benzene ring substituents is 1. The van der Waals surface area contributed by atoms with Gasteiger partial charge >= 0.3 is 0 Å². The van der Waals surface area contributed by atoms with Gasteiger partial charge in [-0.1, -0.05) is 0 Å². The van der Waals surface area contributed by atoms with Gasteiger partial charge in [-0.25, -0.2) is 0 Å². The van der Waals surface area contributed by atoms with Crippen LogP contribution in [0.1, 0.15) is 24.8 Å². The molecule has 5 aliphatic heterocycles. The van der Waals surface area contributed by atoms with E-state index in [1.165, 1.54) is 5.57 Å². The molecule has 2 bridgehead atoms. The molecule has 27 heavy (non-hydrogen) atoms. The van der Waals surface area contributed by atoms with Gasteiger partial charge in [-0.05, 0) is 42.5 Å². The van der Waals surface area contributed by atoms with Crippen molar-refractivity contribution < 1.29 is 14.5 Å². The summed E-state index contributed by atoms with van der Waals surface area (Å²) in [6, 6.07) is 5.55. The minimum Gasteiger partial charge on any atom is -0.497 e. The summed E-state index contributed by atoms with van der Waals surface area (Å²) in [6.07, 6.45) is 4.33. The summed E-state index contributed by atoms with van der Waals surface area (Å²) in [7, 11) is 0. The van der Waals surface area contributed by atoms with Crippen molar-refractivity contribution in [1.29, 1.82) is 0 Å². The van der Waals surface area contributed by atoms with Crippen molar-refractivity contribution in [1.82, 2.24) is 4.90 Å². The summed E-state index contributed by atoms with van der Waals surface area (Å²) in [5, 5.41) is 11.5. The lowest BCUT2D eigenvalue weighted by Crippen LogP contribution is -2.70. The van der Waals surface area contributed by atoms with Gasteiger partial charge in [0.2, 0.25) is 5.91 Å². The number of anilines is 1. The van der Waals surface area contributed by atoms with E-state index in [9.17, 15) is 14.9 Å². The molecule has 4 fully saturated rings. The summed E-state index contributed by atoms with van der Waals surface area (Å²) in [4.78, 5) is 28.8. The molecule has 6 aliphatic rings. The molecule has 1 amide bonds. The molecule has 138 valence electrons. The van der Waals surface area contributed by atoms with Crippen molar-refractivity contribution in [2.75, 3.05) is 18.0 Å². The zero-order valence-electron chi connectivity index (χ0n) is 14.7. The number of hydrogen-bond acceptors (Lipinski definition) is 5. The first-order valence-corrected chi connectivity index (χ1v) is 9.79. The maximum Gasteiger partial charge on any atom is 0.269 e. The van der Waals surface area contributed by atoms with Gasteiger partial charge in [0, 0.05) is 41.7 Å². The largest absolute Gasteiger partial charge is 0.497 e. The summed E-state index contributed by atoms with van der Waals surface area (Å²) < 4.78 is 6.08. The normalized spacial score (nSPS) is 42.5. The highest BCUT2D eigenvalue weighted by molar-refractivity contribution is 5.99. The van der Waals surface area contributed by atoms with Crippen molar-refractivity contribution in [2.24, 2.45) is 11.8 Å². The number of benzene rings is 1. The Hall–Kier alpha value is -2.41. The van der Waals surface area contributed by atoms with E-state index in [2.05, 4.69) is 4.90 Å². The van der Waals surface area contributed by atoms with Crippen LogP contribution < -0.4 is 4.90 Å². The van der Waals surface area contributed by atoms with Crippen molar-refractivity contribution >= 4 is 17.3 Å². The van der Waals surface area contributed by atoms with Gasteiger partial charge in [-0.3, -0.25) is 19.8 Å². The van der Waals surface area contributed by atoms with Crippen LogP contribution in [0.2, 0.25) is 0 Å². The number of rotatable bonds is 1. The molecule has 6 atom stereocenters. The molecule has 1 aromatic carbocycles. The molecule has 3 saturated heterocycles. The molecule has 0 N–H and O–H groups in total. The number of carbonyl (C=O) groups excluding carboxylic acids is 1. The number of ether oxygens (including phenoxy) is 1. The van der Waals surface area contributed by atoms with E-state index < -0.39 is 0 Å². The zero-order chi connectivity index (χ0) is 18.1. The van der Waals surface area contributed by atoms with Crippen LogP contribution in [0.15, 0.2) is 30.0 Å². The second-order valence-electron chi connectivity index (χ2n) is 8.93. The first-order valence-electron chi connectivity index (χ1n) is 9.79. The van der Waals surface area contributed by atoms with Crippen molar-refractivity contribution in [2.45, 2.75) is 42.9 Å². The van der Waals surface area contributed by atoms with Gasteiger partial charge in [-0.2, -0.15) is 0 Å². The van der Waals surface area contributed by atoms with Crippen LogP contribution in [0.4, 0.5) is 11.4 Å². The number of non-ortho nitro benzene ring substituents is 1. The van der Waals surface area contributed by atoms with E-state index in [0.29, 0.717) is 24.3 Å². The smallest absolute Gasteiger partial charge is 0.269 e. The van der Waals surface area contributed by atoms with Crippen molar-refractivity contribution in [3.63, 3.8) is 0 Å². The summed E-state index contributed by atoms with van der Waals surface area (Å²) >= 11 is 0. The maximum atomic E-state index is 13.1. The molecule has 1 spiro atoms. The Bertz CT molecular complexity index is 974. The molecule has 1 saturated carbocycles. The van der Waals surface area contributed by atoms with Gasteiger partial charge in [-0.15, -0.1) is 0 Å². The molecule has 1 aliphatic carbocycles.